The molecule has 3 aromatic rings. The van der Waals surface area contributed by atoms with Crippen molar-refractivity contribution in [1.82, 2.24) is 35.9 Å². The van der Waals surface area contributed by atoms with Crippen LogP contribution in [0.2, 0.25) is 0 Å². The van der Waals surface area contributed by atoms with Crippen LogP contribution in [0.25, 0.3) is 22.3 Å². The Kier molecular flexibility index (Phi) is 6.22. The van der Waals surface area contributed by atoms with Crippen LogP contribution in [-0.2, 0) is 4.79 Å². The highest BCUT2D eigenvalue weighted by atomic mass is 32.1. The fourth-order valence-corrected chi connectivity index (χ4v) is 4.81. The van der Waals surface area contributed by atoms with Gasteiger partial charge in [-0.05, 0) is 43.5 Å². The van der Waals surface area contributed by atoms with Crippen LogP contribution in [0.4, 0.5) is 10.6 Å². The van der Waals surface area contributed by atoms with Gasteiger partial charge in [0.1, 0.15) is 11.5 Å². The minimum Gasteiger partial charge on any atom is -0.367 e. The monoisotopic (exact) mass is 508 g/mol. The zero-order chi connectivity index (χ0) is 25.4. The second kappa shape index (κ2) is 9.36. The number of fused-ring (bicyclic) bond motifs is 1. The summed E-state index contributed by atoms with van der Waals surface area (Å²) in [6.45, 7) is 5.53. The van der Waals surface area contributed by atoms with Gasteiger partial charge < -0.3 is 21.3 Å². The average molecular weight is 509 g/mol. The van der Waals surface area contributed by atoms with Gasteiger partial charge in [-0.1, -0.05) is 13.8 Å². The van der Waals surface area contributed by atoms with E-state index < -0.39 is 11.9 Å². The van der Waals surface area contributed by atoms with Crippen molar-refractivity contribution in [3.05, 3.63) is 40.5 Å². The molecule has 188 valence electrons. The van der Waals surface area contributed by atoms with Crippen LogP contribution >= 0.6 is 11.3 Å². The van der Waals surface area contributed by atoms with Crippen LogP contribution in [0.1, 0.15) is 41.9 Å². The van der Waals surface area contributed by atoms with Crippen LogP contribution in [0.3, 0.4) is 0 Å². The van der Waals surface area contributed by atoms with E-state index >= 15 is 0 Å². The van der Waals surface area contributed by atoms with E-state index in [1.807, 2.05) is 19.2 Å². The van der Waals surface area contributed by atoms with Gasteiger partial charge in [0.25, 0.3) is 11.8 Å². The Morgan fingerprint density at radius 3 is 2.75 bits per heavy atom. The number of hydrogen-bond donors (Lipinski definition) is 5. The fraction of sp³-hybridized carbons (Fsp3) is 0.375. The number of anilines is 1. The number of hydrogen-bond acceptors (Lipinski definition) is 8. The number of urea groups is 1. The molecular formula is C24H28N8O3S. The first kappa shape index (κ1) is 23.9. The summed E-state index contributed by atoms with van der Waals surface area (Å²) in [4.78, 5) is 42.5. The van der Waals surface area contributed by atoms with Crippen LogP contribution in [0, 0.1) is 5.41 Å². The number of amides is 4. The Labute approximate surface area is 211 Å². The van der Waals surface area contributed by atoms with E-state index in [2.05, 4.69) is 45.5 Å². The molecule has 36 heavy (non-hydrogen) atoms. The SMILES string of the molecule is CNCC(C)(C)CNC(=O)c1ccc(-c2cc(NC3CC3)n3ncc(/C=C4\NC(=O)NC4=O)c3n2)s1. The maximum Gasteiger partial charge on any atom is 0.326 e. The number of aromatic nitrogens is 3. The highest BCUT2D eigenvalue weighted by Gasteiger charge is 2.26. The van der Waals surface area contributed by atoms with Crippen molar-refractivity contribution in [1.29, 1.82) is 0 Å². The molecule has 1 aliphatic carbocycles. The first-order valence-electron chi connectivity index (χ1n) is 11.7. The lowest BCUT2D eigenvalue weighted by molar-refractivity contribution is -0.115. The van der Waals surface area contributed by atoms with Gasteiger partial charge in [-0.3, -0.25) is 14.9 Å². The van der Waals surface area contributed by atoms with E-state index in [1.54, 1.807) is 22.9 Å². The third kappa shape index (κ3) is 5.09. The number of imide groups is 1. The molecule has 1 saturated heterocycles. The molecule has 2 fully saturated rings. The largest absolute Gasteiger partial charge is 0.367 e. The first-order chi connectivity index (χ1) is 17.2. The topological polar surface area (TPSA) is 142 Å². The normalized spacial score (nSPS) is 16.9. The van der Waals surface area contributed by atoms with E-state index in [0.717, 1.165) is 30.1 Å². The Hall–Kier alpha value is -3.77. The van der Waals surface area contributed by atoms with Gasteiger partial charge in [0.15, 0.2) is 5.65 Å². The predicted octanol–water partition coefficient (Wildman–Crippen LogP) is 2.19. The molecule has 4 heterocycles. The van der Waals surface area contributed by atoms with Crippen LogP contribution in [0.15, 0.2) is 30.1 Å². The molecule has 0 atom stereocenters. The molecule has 1 aliphatic heterocycles. The zero-order valence-corrected chi connectivity index (χ0v) is 21.1. The average Bonchev–Trinajstić information content (AvgIpc) is 3.21. The molecule has 1 saturated carbocycles. The molecular weight excluding hydrogens is 480 g/mol. The van der Waals surface area contributed by atoms with Crippen molar-refractivity contribution < 1.29 is 14.4 Å². The number of thiophene rings is 1. The maximum atomic E-state index is 12.8. The van der Waals surface area contributed by atoms with Crippen LogP contribution in [-0.4, -0.2) is 58.6 Å². The molecule has 5 N–H and O–H groups in total. The van der Waals surface area contributed by atoms with Crippen molar-refractivity contribution in [2.75, 3.05) is 25.5 Å². The van der Waals surface area contributed by atoms with Crippen molar-refractivity contribution >= 4 is 46.7 Å². The lowest BCUT2D eigenvalue weighted by Gasteiger charge is -2.24. The minimum absolute atomic E-state index is 0.0664. The third-order valence-corrected chi connectivity index (χ3v) is 7.02. The van der Waals surface area contributed by atoms with E-state index in [-0.39, 0.29) is 17.0 Å². The predicted molar refractivity (Wildman–Crippen MR) is 138 cm³/mol. The van der Waals surface area contributed by atoms with E-state index in [9.17, 15) is 14.4 Å². The summed E-state index contributed by atoms with van der Waals surface area (Å²) >= 11 is 1.37. The molecule has 0 radical (unpaired) electrons. The molecule has 0 spiro atoms. The van der Waals surface area contributed by atoms with Gasteiger partial charge >= 0.3 is 6.03 Å². The van der Waals surface area contributed by atoms with Gasteiger partial charge in [0, 0.05) is 30.8 Å². The fourth-order valence-electron chi connectivity index (χ4n) is 3.93. The molecule has 0 aromatic carbocycles. The molecule has 11 nitrogen and oxygen atoms in total. The third-order valence-electron chi connectivity index (χ3n) is 5.91. The van der Waals surface area contributed by atoms with Gasteiger partial charge in [-0.2, -0.15) is 9.61 Å². The highest BCUT2D eigenvalue weighted by molar-refractivity contribution is 7.17. The second-order valence-corrected chi connectivity index (χ2v) is 10.9. The van der Waals surface area contributed by atoms with E-state index in [1.165, 1.54) is 11.3 Å². The Bertz CT molecular complexity index is 1390. The number of carbonyl (C=O) groups excluding carboxylic acids is 3. The Balaban J connectivity index is 1.46. The molecule has 12 heteroatoms. The summed E-state index contributed by atoms with van der Waals surface area (Å²) in [5.41, 5.74) is 1.87. The second-order valence-electron chi connectivity index (χ2n) is 9.79. The summed E-state index contributed by atoms with van der Waals surface area (Å²) in [7, 11) is 1.90. The number of carbonyl (C=O) groups is 3. The van der Waals surface area contributed by atoms with E-state index in [0.29, 0.717) is 34.4 Å². The summed E-state index contributed by atoms with van der Waals surface area (Å²) in [6, 6.07) is 5.42. The quantitative estimate of drug-likeness (QED) is 0.220. The first-order valence-corrected chi connectivity index (χ1v) is 12.6. The van der Waals surface area contributed by atoms with Gasteiger partial charge in [0.05, 0.1) is 21.6 Å². The molecule has 0 bridgehead atoms. The summed E-state index contributed by atoms with van der Waals surface area (Å²) in [5, 5.41) is 18.8. The van der Waals surface area contributed by atoms with Gasteiger partial charge in [0.2, 0.25) is 0 Å². The summed E-state index contributed by atoms with van der Waals surface area (Å²) in [6.07, 6.45) is 5.32. The molecule has 4 amide bonds. The van der Waals surface area contributed by atoms with Gasteiger partial charge in [-0.25, -0.2) is 9.78 Å². The van der Waals surface area contributed by atoms with Crippen molar-refractivity contribution in [3.63, 3.8) is 0 Å². The summed E-state index contributed by atoms with van der Waals surface area (Å²) in [5.74, 6) is 0.152. The zero-order valence-electron chi connectivity index (χ0n) is 20.3. The number of nitrogens with one attached hydrogen (secondary N) is 5. The Morgan fingerprint density at radius 1 is 1.25 bits per heavy atom. The minimum atomic E-state index is -0.564. The molecule has 5 rings (SSSR count). The molecule has 3 aromatic heterocycles. The van der Waals surface area contributed by atoms with Crippen molar-refractivity contribution in [2.24, 2.45) is 5.41 Å². The summed E-state index contributed by atoms with van der Waals surface area (Å²) < 4.78 is 1.69. The van der Waals surface area contributed by atoms with Crippen molar-refractivity contribution in [3.8, 4) is 10.6 Å². The standard InChI is InChI=1S/C24H28N8O3S/c1-24(2,11-25-3)12-26-22(34)18-7-6-17(36-18)15-9-19(28-14-4-5-14)32-20(29-15)13(10-27-32)8-16-21(33)31-23(35)30-16/h6-10,14,25,28H,4-5,11-12H2,1-3H3,(H,26,34)(H2,30,31,33,35)/b16-8-. The van der Waals surface area contributed by atoms with Gasteiger partial charge in [-0.15, -0.1) is 11.3 Å². The van der Waals surface area contributed by atoms with Crippen LogP contribution in [0.5, 0.6) is 0 Å². The maximum absolute atomic E-state index is 12.8. The van der Waals surface area contributed by atoms with E-state index in [4.69, 9.17) is 4.98 Å². The molecule has 0 unspecified atom stereocenters. The number of nitrogens with zero attached hydrogens (tertiary/aromatic N) is 3. The molecule has 2 aliphatic rings. The lowest BCUT2D eigenvalue weighted by atomic mass is 9.93. The Morgan fingerprint density at radius 2 is 2.06 bits per heavy atom. The highest BCUT2D eigenvalue weighted by Crippen LogP contribution is 2.32. The lowest BCUT2D eigenvalue weighted by Crippen LogP contribution is -2.39. The van der Waals surface area contributed by atoms with Crippen LogP contribution < -0.4 is 26.6 Å². The smallest absolute Gasteiger partial charge is 0.326 e. The number of rotatable bonds is 9. The van der Waals surface area contributed by atoms with Crippen molar-refractivity contribution in [2.45, 2.75) is 32.7 Å².